The number of aromatic nitrogens is 2. The van der Waals surface area contributed by atoms with E-state index in [1.54, 1.807) is 0 Å². The van der Waals surface area contributed by atoms with Crippen LogP contribution in [0.1, 0.15) is 38.6 Å². The predicted molar refractivity (Wildman–Crippen MR) is 79.9 cm³/mol. The Morgan fingerprint density at radius 2 is 2.16 bits per heavy atom. The highest BCUT2D eigenvalue weighted by molar-refractivity contribution is 6.31. The molecule has 3 nitrogen and oxygen atoms in total. The topological polar surface area (TPSA) is 29.9 Å². The van der Waals surface area contributed by atoms with Crippen molar-refractivity contribution < 1.29 is 0 Å². The van der Waals surface area contributed by atoms with Gasteiger partial charge in [0.1, 0.15) is 5.82 Å². The van der Waals surface area contributed by atoms with Gasteiger partial charge >= 0.3 is 0 Å². The fourth-order valence-electron chi connectivity index (χ4n) is 3.05. The second-order valence-electron chi connectivity index (χ2n) is 5.81. The summed E-state index contributed by atoms with van der Waals surface area (Å²) in [6.45, 7) is 8.82. The van der Waals surface area contributed by atoms with Crippen molar-refractivity contribution in [1.82, 2.24) is 14.9 Å². The molecule has 2 aromatic rings. The molecule has 1 saturated heterocycles. The molecule has 102 valence electrons. The summed E-state index contributed by atoms with van der Waals surface area (Å²) < 4.78 is 2.36. The Hall–Kier alpha value is -1.06. The van der Waals surface area contributed by atoms with E-state index in [9.17, 15) is 0 Å². The Morgan fingerprint density at radius 1 is 1.37 bits per heavy atom. The third kappa shape index (κ3) is 2.15. The monoisotopic (exact) mass is 277 g/mol. The van der Waals surface area contributed by atoms with Gasteiger partial charge in [-0.05, 0) is 44.5 Å². The van der Waals surface area contributed by atoms with Crippen LogP contribution in [0.25, 0.3) is 11.0 Å². The number of fused-ring (bicyclic) bond motifs is 1. The Labute approximate surface area is 119 Å². The Bertz CT molecular complexity index is 603. The SMILES string of the molecule is CC(C)n1c([C@@H]2CNC[C@H]2C)nc2cc(Cl)ccc21. The fourth-order valence-corrected chi connectivity index (χ4v) is 3.22. The van der Waals surface area contributed by atoms with E-state index in [0.29, 0.717) is 17.9 Å². The number of benzene rings is 1. The summed E-state index contributed by atoms with van der Waals surface area (Å²) >= 11 is 6.09. The van der Waals surface area contributed by atoms with Gasteiger partial charge in [0.25, 0.3) is 0 Å². The van der Waals surface area contributed by atoms with Crippen molar-refractivity contribution in [3.63, 3.8) is 0 Å². The van der Waals surface area contributed by atoms with Gasteiger partial charge in [-0.15, -0.1) is 0 Å². The maximum absolute atomic E-state index is 6.09. The molecular weight excluding hydrogens is 258 g/mol. The first kappa shape index (κ1) is 12.9. The van der Waals surface area contributed by atoms with Crippen molar-refractivity contribution >= 4 is 22.6 Å². The minimum absolute atomic E-state index is 0.411. The number of hydrogen-bond donors (Lipinski definition) is 1. The van der Waals surface area contributed by atoms with Crippen molar-refractivity contribution in [2.45, 2.75) is 32.7 Å². The molecule has 2 heterocycles. The number of rotatable bonds is 2. The molecule has 1 aromatic heterocycles. The third-order valence-electron chi connectivity index (χ3n) is 4.04. The van der Waals surface area contributed by atoms with E-state index in [1.165, 1.54) is 11.3 Å². The standard InChI is InChI=1S/C15H20ClN3/c1-9(2)19-14-5-4-11(16)6-13(14)18-15(19)12-8-17-7-10(12)3/h4-6,9-10,12,17H,7-8H2,1-3H3/t10-,12-/m1/s1. The molecule has 3 rings (SSSR count). The van der Waals surface area contributed by atoms with Gasteiger partial charge in [-0.2, -0.15) is 0 Å². The molecule has 19 heavy (non-hydrogen) atoms. The summed E-state index contributed by atoms with van der Waals surface area (Å²) in [5, 5.41) is 4.22. The van der Waals surface area contributed by atoms with Crippen molar-refractivity contribution in [3.8, 4) is 0 Å². The minimum atomic E-state index is 0.411. The molecule has 1 aliphatic rings. The lowest BCUT2D eigenvalue weighted by molar-refractivity contribution is 0.492. The molecule has 0 aliphatic carbocycles. The van der Waals surface area contributed by atoms with E-state index in [0.717, 1.165) is 23.6 Å². The number of hydrogen-bond acceptors (Lipinski definition) is 2. The molecular formula is C15H20ClN3. The zero-order valence-electron chi connectivity index (χ0n) is 11.7. The van der Waals surface area contributed by atoms with Crippen LogP contribution in [0.3, 0.4) is 0 Å². The predicted octanol–water partition coefficient (Wildman–Crippen LogP) is 3.59. The molecule has 2 atom stereocenters. The maximum atomic E-state index is 6.09. The first-order valence-electron chi connectivity index (χ1n) is 6.96. The molecule has 1 aromatic carbocycles. The van der Waals surface area contributed by atoms with Crippen molar-refractivity contribution in [2.75, 3.05) is 13.1 Å². The first-order valence-corrected chi connectivity index (χ1v) is 7.34. The van der Waals surface area contributed by atoms with Gasteiger partial charge in [0, 0.05) is 23.5 Å². The summed E-state index contributed by atoms with van der Waals surface area (Å²) in [5.74, 6) is 2.32. The zero-order valence-corrected chi connectivity index (χ0v) is 12.4. The minimum Gasteiger partial charge on any atom is -0.325 e. The van der Waals surface area contributed by atoms with Gasteiger partial charge < -0.3 is 9.88 Å². The highest BCUT2D eigenvalue weighted by Crippen LogP contribution is 2.32. The normalized spacial score (nSPS) is 23.6. The molecule has 0 radical (unpaired) electrons. The lowest BCUT2D eigenvalue weighted by Gasteiger charge is -2.19. The van der Waals surface area contributed by atoms with Gasteiger partial charge in [0.15, 0.2) is 0 Å². The maximum Gasteiger partial charge on any atom is 0.114 e. The Balaban J connectivity index is 2.19. The Kier molecular flexibility index (Phi) is 3.27. The van der Waals surface area contributed by atoms with E-state index >= 15 is 0 Å². The van der Waals surface area contributed by atoms with E-state index in [4.69, 9.17) is 16.6 Å². The average molecular weight is 278 g/mol. The average Bonchev–Trinajstić information content (AvgIpc) is 2.91. The smallest absolute Gasteiger partial charge is 0.114 e. The van der Waals surface area contributed by atoms with E-state index < -0.39 is 0 Å². The van der Waals surface area contributed by atoms with Crippen molar-refractivity contribution in [2.24, 2.45) is 5.92 Å². The van der Waals surface area contributed by atoms with Crippen LogP contribution < -0.4 is 5.32 Å². The molecule has 0 unspecified atom stereocenters. The van der Waals surface area contributed by atoms with Crippen LogP contribution in [0.5, 0.6) is 0 Å². The van der Waals surface area contributed by atoms with Gasteiger partial charge in [0.2, 0.25) is 0 Å². The van der Waals surface area contributed by atoms with Gasteiger partial charge in [0.05, 0.1) is 11.0 Å². The summed E-state index contributed by atoms with van der Waals surface area (Å²) in [6, 6.07) is 6.41. The lowest BCUT2D eigenvalue weighted by Crippen LogP contribution is -2.16. The molecule has 0 bridgehead atoms. The largest absolute Gasteiger partial charge is 0.325 e. The van der Waals surface area contributed by atoms with Crippen LogP contribution in [0, 0.1) is 5.92 Å². The molecule has 1 aliphatic heterocycles. The van der Waals surface area contributed by atoms with Crippen LogP contribution in [0.15, 0.2) is 18.2 Å². The summed E-state index contributed by atoms with van der Waals surface area (Å²) in [7, 11) is 0. The Morgan fingerprint density at radius 3 is 2.79 bits per heavy atom. The second-order valence-corrected chi connectivity index (χ2v) is 6.25. The van der Waals surface area contributed by atoms with Crippen molar-refractivity contribution in [1.29, 1.82) is 0 Å². The highest BCUT2D eigenvalue weighted by atomic mass is 35.5. The molecule has 1 N–H and O–H groups in total. The van der Waals surface area contributed by atoms with Crippen LogP contribution >= 0.6 is 11.6 Å². The van der Waals surface area contributed by atoms with E-state index in [1.807, 2.05) is 12.1 Å². The first-order chi connectivity index (χ1) is 9.08. The molecule has 1 fully saturated rings. The number of nitrogens with one attached hydrogen (secondary N) is 1. The molecule has 0 amide bonds. The van der Waals surface area contributed by atoms with Gasteiger partial charge in [-0.3, -0.25) is 0 Å². The van der Waals surface area contributed by atoms with Gasteiger partial charge in [-0.25, -0.2) is 4.98 Å². The van der Waals surface area contributed by atoms with Crippen molar-refractivity contribution in [3.05, 3.63) is 29.0 Å². The number of imidazole rings is 1. The molecule has 0 spiro atoms. The molecule has 4 heteroatoms. The number of nitrogens with zero attached hydrogens (tertiary/aromatic N) is 2. The van der Waals surface area contributed by atoms with E-state index in [-0.39, 0.29) is 0 Å². The summed E-state index contributed by atoms with van der Waals surface area (Å²) in [6.07, 6.45) is 0. The summed E-state index contributed by atoms with van der Waals surface area (Å²) in [4.78, 5) is 4.87. The quantitative estimate of drug-likeness (QED) is 0.909. The fraction of sp³-hybridized carbons (Fsp3) is 0.533. The van der Waals surface area contributed by atoms with Crippen LogP contribution in [0.2, 0.25) is 5.02 Å². The zero-order chi connectivity index (χ0) is 13.6. The number of halogens is 1. The summed E-state index contributed by atoms with van der Waals surface area (Å²) in [5.41, 5.74) is 2.20. The van der Waals surface area contributed by atoms with E-state index in [2.05, 4.69) is 36.7 Å². The lowest BCUT2D eigenvalue weighted by atomic mass is 9.97. The van der Waals surface area contributed by atoms with Gasteiger partial charge in [-0.1, -0.05) is 18.5 Å². The molecule has 0 saturated carbocycles. The second kappa shape index (κ2) is 4.80. The van der Waals surface area contributed by atoms with Crippen LogP contribution in [0.4, 0.5) is 0 Å². The highest BCUT2D eigenvalue weighted by Gasteiger charge is 2.30. The third-order valence-corrected chi connectivity index (χ3v) is 4.28. The van der Waals surface area contributed by atoms with Crippen LogP contribution in [-0.2, 0) is 0 Å². The van der Waals surface area contributed by atoms with Crippen LogP contribution in [-0.4, -0.2) is 22.6 Å².